The van der Waals surface area contributed by atoms with Crippen LogP contribution in [0.15, 0.2) is 23.6 Å². The van der Waals surface area contributed by atoms with E-state index in [1.807, 2.05) is 35.7 Å². The third-order valence-electron chi connectivity index (χ3n) is 4.25. The number of thioether (sulfide) groups is 1. The molecule has 0 atom stereocenters. The smallest absolute Gasteiger partial charge is 0.275 e. The lowest BCUT2D eigenvalue weighted by atomic mass is 10.1. The molecule has 146 valence electrons. The average molecular weight is 427 g/mol. The number of nitrogens with zero attached hydrogens (tertiary/aromatic N) is 2. The Morgan fingerprint density at radius 2 is 2.04 bits per heavy atom. The Labute approximate surface area is 173 Å². The van der Waals surface area contributed by atoms with Crippen LogP contribution in [0.2, 0.25) is 0 Å². The Hall–Kier alpha value is -1.61. The molecule has 27 heavy (non-hydrogen) atoms. The summed E-state index contributed by atoms with van der Waals surface area (Å²) in [6.07, 6.45) is 0.662. The highest BCUT2D eigenvalue weighted by Gasteiger charge is 2.21. The second-order valence-electron chi connectivity index (χ2n) is 6.00. The SMILES string of the molecule is Cc1c(NC(=O)c2csc(CCN)n2)cccc1C(=O)N1CCSCC1.Cl. The lowest BCUT2D eigenvalue weighted by Crippen LogP contribution is -2.38. The van der Waals surface area contributed by atoms with Crippen LogP contribution < -0.4 is 11.1 Å². The molecule has 1 fully saturated rings. The van der Waals surface area contributed by atoms with E-state index in [0.717, 1.165) is 35.2 Å². The molecule has 2 amide bonds. The molecule has 1 aliphatic rings. The van der Waals surface area contributed by atoms with E-state index in [2.05, 4.69) is 10.3 Å². The fourth-order valence-corrected chi connectivity index (χ4v) is 4.48. The first-order valence-electron chi connectivity index (χ1n) is 8.52. The molecule has 0 unspecified atom stereocenters. The molecule has 3 rings (SSSR count). The number of halogens is 1. The number of rotatable bonds is 5. The molecule has 1 saturated heterocycles. The van der Waals surface area contributed by atoms with Crippen molar-refractivity contribution < 1.29 is 9.59 Å². The molecule has 1 aromatic carbocycles. The Morgan fingerprint density at radius 3 is 2.74 bits per heavy atom. The number of benzene rings is 1. The van der Waals surface area contributed by atoms with Crippen LogP contribution in [0.1, 0.15) is 31.4 Å². The zero-order chi connectivity index (χ0) is 18.5. The topological polar surface area (TPSA) is 88.3 Å². The lowest BCUT2D eigenvalue weighted by molar-refractivity contribution is 0.0771. The van der Waals surface area contributed by atoms with Crippen molar-refractivity contribution >= 4 is 53.0 Å². The minimum atomic E-state index is -0.272. The third kappa shape index (κ3) is 5.22. The van der Waals surface area contributed by atoms with Crippen molar-refractivity contribution in [2.24, 2.45) is 5.73 Å². The molecule has 0 bridgehead atoms. The maximum atomic E-state index is 12.8. The van der Waals surface area contributed by atoms with Gasteiger partial charge in [0.1, 0.15) is 5.69 Å². The number of hydrogen-bond donors (Lipinski definition) is 2. The number of carbonyl (C=O) groups is 2. The fourth-order valence-electron chi connectivity index (χ4n) is 2.78. The van der Waals surface area contributed by atoms with Crippen LogP contribution in [0, 0.1) is 6.92 Å². The highest BCUT2D eigenvalue weighted by molar-refractivity contribution is 7.99. The minimum absolute atomic E-state index is 0. The predicted molar refractivity (Wildman–Crippen MR) is 114 cm³/mol. The van der Waals surface area contributed by atoms with Gasteiger partial charge in [0.25, 0.3) is 11.8 Å². The predicted octanol–water partition coefficient (Wildman–Crippen LogP) is 2.82. The number of nitrogens with one attached hydrogen (secondary N) is 1. The van der Waals surface area contributed by atoms with E-state index in [4.69, 9.17) is 5.73 Å². The first-order chi connectivity index (χ1) is 12.6. The fraction of sp³-hybridized carbons (Fsp3) is 0.389. The van der Waals surface area contributed by atoms with Gasteiger partial charge in [-0.3, -0.25) is 9.59 Å². The molecular formula is C18H23ClN4O2S2. The number of nitrogens with two attached hydrogens (primary N) is 1. The van der Waals surface area contributed by atoms with Gasteiger partial charge in [0, 0.05) is 47.6 Å². The molecule has 1 aromatic heterocycles. The van der Waals surface area contributed by atoms with E-state index in [1.54, 1.807) is 11.4 Å². The number of amides is 2. The normalized spacial score (nSPS) is 13.8. The Kier molecular flexibility index (Phi) is 8.09. The van der Waals surface area contributed by atoms with Gasteiger partial charge in [-0.15, -0.1) is 23.7 Å². The summed E-state index contributed by atoms with van der Waals surface area (Å²) in [6, 6.07) is 5.43. The zero-order valence-electron chi connectivity index (χ0n) is 15.1. The number of carbonyl (C=O) groups excluding carboxylic acids is 2. The van der Waals surface area contributed by atoms with Gasteiger partial charge < -0.3 is 16.0 Å². The average Bonchev–Trinajstić information content (AvgIpc) is 3.13. The van der Waals surface area contributed by atoms with Gasteiger partial charge in [0.15, 0.2) is 0 Å². The molecular weight excluding hydrogens is 404 g/mol. The lowest BCUT2D eigenvalue weighted by Gasteiger charge is -2.27. The van der Waals surface area contributed by atoms with Gasteiger partial charge in [-0.25, -0.2) is 4.98 Å². The van der Waals surface area contributed by atoms with E-state index in [9.17, 15) is 9.59 Å². The van der Waals surface area contributed by atoms with Crippen molar-refractivity contribution in [3.05, 3.63) is 45.4 Å². The van der Waals surface area contributed by atoms with Crippen LogP contribution in [-0.2, 0) is 6.42 Å². The van der Waals surface area contributed by atoms with Gasteiger partial charge in [-0.05, 0) is 31.2 Å². The van der Waals surface area contributed by atoms with Crippen LogP contribution in [0.4, 0.5) is 5.69 Å². The summed E-state index contributed by atoms with van der Waals surface area (Å²) in [5, 5.41) is 5.46. The highest BCUT2D eigenvalue weighted by atomic mass is 35.5. The summed E-state index contributed by atoms with van der Waals surface area (Å²) in [5.41, 5.74) is 7.96. The maximum absolute atomic E-state index is 12.8. The minimum Gasteiger partial charge on any atom is -0.337 e. The Morgan fingerprint density at radius 1 is 1.30 bits per heavy atom. The Balaban J connectivity index is 0.00000261. The molecule has 3 N–H and O–H groups in total. The van der Waals surface area contributed by atoms with Crippen LogP contribution in [0.3, 0.4) is 0 Å². The molecule has 6 nitrogen and oxygen atoms in total. The van der Waals surface area contributed by atoms with Gasteiger partial charge in [0.05, 0.1) is 5.01 Å². The van der Waals surface area contributed by atoms with E-state index in [-0.39, 0.29) is 24.2 Å². The number of anilines is 1. The number of aromatic nitrogens is 1. The summed E-state index contributed by atoms with van der Waals surface area (Å²) in [7, 11) is 0. The molecule has 2 heterocycles. The van der Waals surface area contributed by atoms with E-state index >= 15 is 0 Å². The van der Waals surface area contributed by atoms with Crippen molar-refractivity contribution in [2.75, 3.05) is 36.5 Å². The molecule has 2 aromatic rings. The van der Waals surface area contributed by atoms with Crippen molar-refractivity contribution in [1.82, 2.24) is 9.88 Å². The van der Waals surface area contributed by atoms with Gasteiger partial charge in [-0.2, -0.15) is 11.8 Å². The van der Waals surface area contributed by atoms with Crippen molar-refractivity contribution in [1.29, 1.82) is 0 Å². The summed E-state index contributed by atoms with van der Waals surface area (Å²) >= 11 is 3.29. The molecule has 0 radical (unpaired) electrons. The maximum Gasteiger partial charge on any atom is 0.275 e. The number of thiazole rings is 1. The van der Waals surface area contributed by atoms with Crippen LogP contribution >= 0.6 is 35.5 Å². The van der Waals surface area contributed by atoms with Gasteiger partial charge >= 0.3 is 0 Å². The van der Waals surface area contributed by atoms with Gasteiger partial charge in [-0.1, -0.05) is 6.07 Å². The Bertz CT molecular complexity index is 806. The first kappa shape index (κ1) is 21.7. The molecule has 0 aliphatic carbocycles. The summed E-state index contributed by atoms with van der Waals surface area (Å²) < 4.78 is 0. The largest absolute Gasteiger partial charge is 0.337 e. The second kappa shape index (κ2) is 10.1. The standard InChI is InChI=1S/C18H22N4O2S2.ClH/c1-12-13(18(24)22-7-9-25-10-8-22)3-2-4-14(12)21-17(23)15-11-26-16(20-15)5-6-19;/h2-4,11H,5-10,19H2,1H3,(H,21,23);1H. The number of hydrogen-bond acceptors (Lipinski definition) is 6. The van der Waals surface area contributed by atoms with Crippen LogP contribution in [-0.4, -0.2) is 52.8 Å². The van der Waals surface area contributed by atoms with Crippen molar-refractivity contribution in [3.63, 3.8) is 0 Å². The monoisotopic (exact) mass is 426 g/mol. The van der Waals surface area contributed by atoms with Crippen molar-refractivity contribution in [3.8, 4) is 0 Å². The molecule has 0 saturated carbocycles. The molecule has 1 aliphatic heterocycles. The van der Waals surface area contributed by atoms with E-state index in [0.29, 0.717) is 29.9 Å². The summed E-state index contributed by atoms with van der Waals surface area (Å²) in [4.78, 5) is 31.4. The zero-order valence-corrected chi connectivity index (χ0v) is 17.5. The van der Waals surface area contributed by atoms with Gasteiger partial charge in [0.2, 0.25) is 0 Å². The van der Waals surface area contributed by atoms with E-state index < -0.39 is 0 Å². The first-order valence-corrected chi connectivity index (χ1v) is 10.6. The molecule has 0 spiro atoms. The summed E-state index contributed by atoms with van der Waals surface area (Å²) in [6.45, 7) is 3.90. The highest BCUT2D eigenvalue weighted by Crippen LogP contribution is 2.23. The second-order valence-corrected chi connectivity index (χ2v) is 8.17. The quantitative estimate of drug-likeness (QED) is 0.767. The van der Waals surface area contributed by atoms with Crippen LogP contribution in [0.25, 0.3) is 0 Å². The summed E-state index contributed by atoms with van der Waals surface area (Å²) in [5.74, 6) is 1.69. The van der Waals surface area contributed by atoms with Crippen molar-refractivity contribution in [2.45, 2.75) is 13.3 Å². The third-order valence-corrected chi connectivity index (χ3v) is 6.10. The molecule has 9 heteroatoms. The van der Waals surface area contributed by atoms with E-state index in [1.165, 1.54) is 11.3 Å². The van der Waals surface area contributed by atoms with Crippen LogP contribution in [0.5, 0.6) is 0 Å².